The van der Waals surface area contributed by atoms with Crippen molar-refractivity contribution < 1.29 is 19.2 Å². The summed E-state index contributed by atoms with van der Waals surface area (Å²) in [7, 11) is 0. The average Bonchev–Trinajstić information content (AvgIpc) is 2.83. The zero-order valence-corrected chi connectivity index (χ0v) is 10.8. The third-order valence-corrected chi connectivity index (χ3v) is 4.25. The Bertz CT molecular complexity index is 642. The lowest BCUT2D eigenvalue weighted by molar-refractivity contribution is -0.385. The van der Waals surface area contributed by atoms with E-state index >= 15 is 0 Å². The van der Waals surface area contributed by atoms with Crippen molar-refractivity contribution in [2.24, 2.45) is 0 Å². The van der Waals surface area contributed by atoms with Gasteiger partial charge in [-0.3, -0.25) is 10.1 Å². The van der Waals surface area contributed by atoms with Gasteiger partial charge < -0.3 is 5.11 Å². The smallest absolute Gasteiger partial charge is 0.342 e. The Morgan fingerprint density at radius 1 is 1.47 bits per heavy atom. The number of benzene rings is 1. The first kappa shape index (κ1) is 13.5. The van der Waals surface area contributed by atoms with Crippen molar-refractivity contribution in [2.45, 2.75) is 9.10 Å². The number of aromatic carboxylic acids is 1. The molecule has 0 bridgehead atoms. The van der Waals surface area contributed by atoms with Gasteiger partial charge in [0.2, 0.25) is 0 Å². The van der Waals surface area contributed by atoms with E-state index in [1.165, 1.54) is 11.3 Å². The van der Waals surface area contributed by atoms with Crippen LogP contribution in [0.4, 0.5) is 10.1 Å². The molecule has 0 amide bonds. The SMILES string of the molecule is O=C(O)c1cc(Sc2cccs2)c(F)cc1[N+](=O)[O-]. The summed E-state index contributed by atoms with van der Waals surface area (Å²) < 4.78 is 14.5. The van der Waals surface area contributed by atoms with Gasteiger partial charge in [0.15, 0.2) is 0 Å². The average molecular weight is 299 g/mol. The van der Waals surface area contributed by atoms with E-state index in [0.717, 1.165) is 22.0 Å². The van der Waals surface area contributed by atoms with Crippen molar-refractivity contribution in [2.75, 3.05) is 0 Å². The number of halogens is 1. The summed E-state index contributed by atoms with van der Waals surface area (Å²) >= 11 is 2.40. The normalized spacial score (nSPS) is 10.4. The Hall–Kier alpha value is -1.93. The Morgan fingerprint density at radius 2 is 2.21 bits per heavy atom. The quantitative estimate of drug-likeness (QED) is 0.688. The van der Waals surface area contributed by atoms with Crippen LogP contribution in [0.15, 0.2) is 38.8 Å². The topological polar surface area (TPSA) is 80.4 Å². The van der Waals surface area contributed by atoms with Crippen LogP contribution in [0.2, 0.25) is 0 Å². The Kier molecular flexibility index (Phi) is 3.82. The minimum atomic E-state index is -1.46. The van der Waals surface area contributed by atoms with Crippen molar-refractivity contribution in [1.29, 1.82) is 0 Å². The van der Waals surface area contributed by atoms with E-state index in [1.54, 1.807) is 17.5 Å². The second-order valence-corrected chi connectivity index (χ2v) is 5.69. The van der Waals surface area contributed by atoms with E-state index in [0.29, 0.717) is 6.07 Å². The highest BCUT2D eigenvalue weighted by atomic mass is 32.2. The van der Waals surface area contributed by atoms with Crippen LogP contribution >= 0.6 is 23.1 Å². The number of nitrogens with zero attached hydrogens (tertiary/aromatic N) is 1. The summed E-state index contributed by atoms with van der Waals surface area (Å²) in [5, 5.41) is 21.4. The van der Waals surface area contributed by atoms with Crippen LogP contribution < -0.4 is 0 Å². The van der Waals surface area contributed by atoms with E-state index in [1.807, 2.05) is 0 Å². The van der Waals surface area contributed by atoms with Gasteiger partial charge in [-0.25, -0.2) is 9.18 Å². The second-order valence-electron chi connectivity index (χ2n) is 3.40. The molecule has 8 heteroatoms. The van der Waals surface area contributed by atoms with Crippen LogP contribution in [-0.4, -0.2) is 16.0 Å². The maximum Gasteiger partial charge on any atom is 0.342 e. The predicted octanol–water partition coefficient (Wildman–Crippen LogP) is 3.64. The van der Waals surface area contributed by atoms with E-state index in [4.69, 9.17) is 5.11 Å². The molecule has 0 aliphatic heterocycles. The van der Waals surface area contributed by atoms with E-state index in [9.17, 15) is 19.3 Å². The van der Waals surface area contributed by atoms with Crippen LogP contribution in [0.1, 0.15) is 10.4 Å². The lowest BCUT2D eigenvalue weighted by Crippen LogP contribution is -2.04. The second kappa shape index (κ2) is 5.37. The molecule has 0 spiro atoms. The van der Waals surface area contributed by atoms with Gasteiger partial charge >= 0.3 is 5.97 Å². The van der Waals surface area contributed by atoms with Gasteiger partial charge in [-0.15, -0.1) is 11.3 Å². The van der Waals surface area contributed by atoms with Crippen molar-refractivity contribution in [3.05, 3.63) is 51.1 Å². The number of nitro benzene ring substituents is 1. The highest BCUT2D eigenvalue weighted by molar-refractivity contribution is 8.01. The summed E-state index contributed by atoms with van der Waals surface area (Å²) in [6.07, 6.45) is 0. The molecule has 1 aromatic carbocycles. The van der Waals surface area contributed by atoms with E-state index in [-0.39, 0.29) is 4.90 Å². The van der Waals surface area contributed by atoms with Gasteiger partial charge in [0.25, 0.3) is 5.69 Å². The molecule has 1 N–H and O–H groups in total. The number of hydrogen-bond donors (Lipinski definition) is 1. The number of nitro groups is 1. The first-order chi connectivity index (χ1) is 8.99. The molecule has 0 unspecified atom stereocenters. The van der Waals surface area contributed by atoms with Gasteiger partial charge in [0.1, 0.15) is 11.4 Å². The minimum absolute atomic E-state index is 0.0467. The number of rotatable bonds is 4. The van der Waals surface area contributed by atoms with Crippen molar-refractivity contribution in [3.63, 3.8) is 0 Å². The zero-order chi connectivity index (χ0) is 14.0. The molecule has 1 aromatic heterocycles. The highest BCUT2D eigenvalue weighted by Gasteiger charge is 2.23. The molecule has 1 heterocycles. The molecule has 0 fully saturated rings. The van der Waals surface area contributed by atoms with Crippen molar-refractivity contribution >= 4 is 34.8 Å². The Morgan fingerprint density at radius 3 is 2.74 bits per heavy atom. The number of carboxylic acid groups (broad SMARTS) is 1. The lowest BCUT2D eigenvalue weighted by Gasteiger charge is -2.04. The summed E-state index contributed by atoms with van der Waals surface area (Å²) in [5.41, 5.74) is -1.27. The molecule has 0 atom stereocenters. The Balaban J connectivity index is 2.48. The molecular formula is C11H6FNO4S2. The monoisotopic (exact) mass is 299 g/mol. The fourth-order valence-electron chi connectivity index (χ4n) is 1.37. The standard InChI is InChI=1S/C11H6FNO4S2/c12-7-5-8(13(16)17)6(11(14)15)4-9(7)19-10-2-1-3-18-10/h1-5H,(H,14,15). The van der Waals surface area contributed by atoms with Crippen LogP contribution in [0.5, 0.6) is 0 Å². The lowest BCUT2D eigenvalue weighted by atomic mass is 10.2. The molecule has 19 heavy (non-hydrogen) atoms. The van der Waals surface area contributed by atoms with Crippen LogP contribution in [0, 0.1) is 15.9 Å². The third-order valence-electron chi connectivity index (χ3n) is 2.18. The molecule has 0 aliphatic carbocycles. The first-order valence-electron chi connectivity index (χ1n) is 4.91. The largest absolute Gasteiger partial charge is 0.477 e. The predicted molar refractivity (Wildman–Crippen MR) is 68.5 cm³/mol. The minimum Gasteiger partial charge on any atom is -0.477 e. The van der Waals surface area contributed by atoms with Crippen LogP contribution in [0.3, 0.4) is 0 Å². The molecule has 2 aromatic rings. The Labute approximate surface area is 114 Å². The summed E-state index contributed by atoms with van der Waals surface area (Å²) in [6.45, 7) is 0. The molecule has 0 aliphatic rings. The number of carbonyl (C=O) groups is 1. The first-order valence-corrected chi connectivity index (χ1v) is 6.61. The van der Waals surface area contributed by atoms with Gasteiger partial charge in [0, 0.05) is 0 Å². The molecule has 0 radical (unpaired) electrons. The number of hydrogen-bond acceptors (Lipinski definition) is 5. The van der Waals surface area contributed by atoms with E-state index in [2.05, 4.69) is 0 Å². The zero-order valence-electron chi connectivity index (χ0n) is 9.20. The molecular weight excluding hydrogens is 293 g/mol. The van der Waals surface area contributed by atoms with Gasteiger partial charge in [-0.1, -0.05) is 17.8 Å². The fourth-order valence-corrected chi connectivity index (χ4v) is 3.15. The fraction of sp³-hybridized carbons (Fsp3) is 0. The molecule has 5 nitrogen and oxygen atoms in total. The summed E-state index contributed by atoms with van der Waals surface area (Å²) in [4.78, 5) is 20.8. The molecule has 0 saturated carbocycles. The number of carboxylic acids is 1. The van der Waals surface area contributed by atoms with Crippen molar-refractivity contribution in [3.8, 4) is 0 Å². The van der Waals surface area contributed by atoms with E-state index < -0.39 is 28.0 Å². The molecule has 0 saturated heterocycles. The number of thiophene rings is 1. The highest BCUT2D eigenvalue weighted by Crippen LogP contribution is 2.35. The maximum atomic E-state index is 13.7. The van der Waals surface area contributed by atoms with Gasteiger partial charge in [0.05, 0.1) is 20.1 Å². The van der Waals surface area contributed by atoms with Gasteiger partial charge in [-0.2, -0.15) is 0 Å². The summed E-state index contributed by atoms with van der Waals surface area (Å²) in [5.74, 6) is -2.27. The van der Waals surface area contributed by atoms with Gasteiger partial charge in [-0.05, 0) is 17.5 Å². The van der Waals surface area contributed by atoms with Crippen LogP contribution in [0.25, 0.3) is 0 Å². The summed E-state index contributed by atoms with van der Waals surface area (Å²) in [6, 6.07) is 5.14. The molecule has 98 valence electrons. The van der Waals surface area contributed by atoms with Crippen molar-refractivity contribution in [1.82, 2.24) is 0 Å². The maximum absolute atomic E-state index is 13.7. The van der Waals surface area contributed by atoms with Crippen LogP contribution in [-0.2, 0) is 0 Å². The molecule has 2 rings (SSSR count). The third kappa shape index (κ3) is 2.91.